The van der Waals surface area contributed by atoms with Crippen LogP contribution >= 0.6 is 11.8 Å². The van der Waals surface area contributed by atoms with Gasteiger partial charge in [0.05, 0.1) is 12.0 Å². The average Bonchev–Trinajstić information content (AvgIpc) is 3.37. The van der Waals surface area contributed by atoms with Crippen molar-refractivity contribution in [1.29, 1.82) is 0 Å². The van der Waals surface area contributed by atoms with Crippen LogP contribution in [0.15, 0.2) is 84.4 Å². The summed E-state index contributed by atoms with van der Waals surface area (Å²) in [6.45, 7) is 1.85. The quantitative estimate of drug-likeness (QED) is 0.724. The molecule has 1 aliphatic rings. The smallest absolute Gasteiger partial charge is 0.279 e. The van der Waals surface area contributed by atoms with E-state index >= 15 is 0 Å². The molecule has 6 nitrogen and oxygen atoms in total. The van der Waals surface area contributed by atoms with Crippen LogP contribution in [0.25, 0.3) is 0 Å². The fraction of sp³-hybridized carbons (Fsp3) is 0.150. The Bertz CT molecular complexity index is 866. The molecule has 4 rings (SSSR count). The van der Waals surface area contributed by atoms with E-state index in [1.165, 1.54) is 16.8 Å². The molecule has 1 aliphatic heterocycles. The van der Waals surface area contributed by atoms with E-state index in [0.29, 0.717) is 5.17 Å². The summed E-state index contributed by atoms with van der Waals surface area (Å²) < 4.78 is 0. The number of amidine groups is 1. The highest BCUT2D eigenvalue weighted by Gasteiger charge is 2.46. The van der Waals surface area contributed by atoms with Crippen LogP contribution in [0.4, 0.5) is 5.69 Å². The number of rotatable bonds is 3. The molecule has 1 amide bonds. The average molecular weight is 379 g/mol. The number of hydrazine groups is 1. The van der Waals surface area contributed by atoms with Gasteiger partial charge >= 0.3 is 0 Å². The number of H-pyrrole nitrogens is 1. The maximum absolute atomic E-state index is 12.9. The first kappa shape index (κ1) is 18.7. The second-order valence-electron chi connectivity index (χ2n) is 5.92. The fourth-order valence-electron chi connectivity index (χ4n) is 2.64. The van der Waals surface area contributed by atoms with Crippen molar-refractivity contribution in [2.45, 2.75) is 12.5 Å². The molecule has 1 atom stereocenters. The van der Waals surface area contributed by atoms with Crippen molar-refractivity contribution >= 4 is 28.5 Å². The lowest BCUT2D eigenvalue weighted by molar-refractivity contribution is -0.129. The van der Waals surface area contributed by atoms with E-state index < -0.39 is 5.54 Å². The molecule has 0 spiro atoms. The predicted octanol–water partition coefficient (Wildman–Crippen LogP) is 3.90. The summed E-state index contributed by atoms with van der Waals surface area (Å²) in [6.07, 6.45) is 7.00. The van der Waals surface area contributed by atoms with Crippen LogP contribution in [0.5, 0.6) is 0 Å². The van der Waals surface area contributed by atoms with E-state index in [-0.39, 0.29) is 5.91 Å². The molecule has 0 bridgehead atoms. The Morgan fingerprint density at radius 1 is 1.07 bits per heavy atom. The minimum absolute atomic E-state index is 0.0769. The molecule has 1 aromatic heterocycles. The van der Waals surface area contributed by atoms with E-state index in [0.717, 1.165) is 11.3 Å². The Kier molecular flexibility index (Phi) is 5.93. The Labute approximate surface area is 162 Å². The molecule has 7 heteroatoms. The summed E-state index contributed by atoms with van der Waals surface area (Å²) in [5.74, 6) is -0.0769. The minimum atomic E-state index is -0.888. The second kappa shape index (κ2) is 8.55. The van der Waals surface area contributed by atoms with Crippen molar-refractivity contribution in [3.05, 3.63) is 84.9 Å². The molecule has 0 fully saturated rings. The number of benzene rings is 2. The van der Waals surface area contributed by atoms with Gasteiger partial charge in [-0.1, -0.05) is 60.3 Å². The summed E-state index contributed by atoms with van der Waals surface area (Å²) in [7, 11) is 0. The molecule has 2 heterocycles. The SMILES string of the molecule is CSC1=N[C@@](C)(c2ccccc2)C(=O)N1Nc1ccccc1.c1c[nH]cn1. The van der Waals surface area contributed by atoms with Crippen molar-refractivity contribution < 1.29 is 4.79 Å². The van der Waals surface area contributed by atoms with Gasteiger partial charge in [-0.3, -0.25) is 10.2 Å². The number of anilines is 1. The normalized spacial score (nSPS) is 18.5. The largest absolute Gasteiger partial charge is 0.351 e. The lowest BCUT2D eigenvalue weighted by atomic mass is 9.92. The number of hydrogen-bond donors (Lipinski definition) is 2. The van der Waals surface area contributed by atoms with E-state index in [1.807, 2.05) is 73.8 Å². The zero-order chi connectivity index (χ0) is 19.1. The van der Waals surface area contributed by atoms with Gasteiger partial charge in [0.15, 0.2) is 10.7 Å². The number of nitrogens with zero attached hydrogens (tertiary/aromatic N) is 3. The number of aromatic nitrogens is 2. The zero-order valence-electron chi connectivity index (χ0n) is 15.2. The second-order valence-corrected chi connectivity index (χ2v) is 6.69. The molecule has 0 saturated carbocycles. The highest BCUT2D eigenvalue weighted by molar-refractivity contribution is 8.13. The molecule has 138 valence electrons. The predicted molar refractivity (Wildman–Crippen MR) is 110 cm³/mol. The number of aromatic amines is 1. The monoisotopic (exact) mass is 379 g/mol. The molecular formula is C20H21N5OS. The van der Waals surface area contributed by atoms with Crippen molar-refractivity contribution in [1.82, 2.24) is 15.0 Å². The number of aliphatic imine (C=N–C) groups is 1. The van der Waals surface area contributed by atoms with E-state index in [9.17, 15) is 4.79 Å². The summed E-state index contributed by atoms with van der Waals surface area (Å²) in [4.78, 5) is 24.0. The summed E-state index contributed by atoms with van der Waals surface area (Å²) >= 11 is 1.45. The molecular weight excluding hydrogens is 358 g/mol. The van der Waals surface area contributed by atoms with Crippen LogP contribution in [0.3, 0.4) is 0 Å². The standard InChI is InChI=1S/C17H17N3OS.C3H4N2/c1-17(13-9-5-3-6-10-13)15(21)20(16(18-17)22-2)19-14-11-7-4-8-12-14;1-2-5-3-4-1/h3-12,19H,1-2H3;1-3H,(H,4,5)/t17-;/m0./s1. The van der Waals surface area contributed by atoms with Crippen molar-refractivity contribution in [3.8, 4) is 0 Å². The minimum Gasteiger partial charge on any atom is -0.351 e. The van der Waals surface area contributed by atoms with Crippen LogP contribution in [-0.2, 0) is 10.3 Å². The maximum Gasteiger partial charge on any atom is 0.279 e. The molecule has 0 radical (unpaired) electrons. The maximum atomic E-state index is 12.9. The molecule has 2 N–H and O–H groups in total. The molecule has 2 aromatic carbocycles. The zero-order valence-corrected chi connectivity index (χ0v) is 16.0. The van der Waals surface area contributed by atoms with Gasteiger partial charge in [0.1, 0.15) is 0 Å². The Morgan fingerprint density at radius 2 is 1.74 bits per heavy atom. The number of thioether (sulfide) groups is 1. The number of para-hydroxylation sites is 1. The summed E-state index contributed by atoms with van der Waals surface area (Å²) in [5.41, 5.74) is 4.01. The first-order valence-corrected chi connectivity index (χ1v) is 9.66. The molecule has 3 aromatic rings. The number of hydrogen-bond acceptors (Lipinski definition) is 5. The van der Waals surface area contributed by atoms with Crippen molar-refractivity contribution in [3.63, 3.8) is 0 Å². The Morgan fingerprint density at radius 3 is 2.26 bits per heavy atom. The number of amides is 1. The number of carbonyl (C=O) groups excluding carboxylic acids is 1. The molecule has 0 aliphatic carbocycles. The Balaban J connectivity index is 0.000000364. The number of carbonyl (C=O) groups is 1. The van der Waals surface area contributed by atoms with Crippen molar-refractivity contribution in [2.24, 2.45) is 4.99 Å². The van der Waals surface area contributed by atoms with Crippen molar-refractivity contribution in [2.75, 3.05) is 11.7 Å². The van der Waals surface area contributed by atoms with Gasteiger partial charge in [-0.2, -0.15) is 5.01 Å². The third kappa shape index (κ3) is 4.20. The van der Waals surface area contributed by atoms with Gasteiger partial charge < -0.3 is 4.98 Å². The van der Waals surface area contributed by atoms with Crippen LogP contribution in [0.1, 0.15) is 12.5 Å². The first-order valence-electron chi connectivity index (χ1n) is 8.43. The fourth-order valence-corrected chi connectivity index (χ4v) is 3.22. The molecule has 0 saturated heterocycles. The van der Waals surface area contributed by atoms with Crippen LogP contribution < -0.4 is 5.43 Å². The summed E-state index contributed by atoms with van der Waals surface area (Å²) in [5, 5.41) is 2.20. The van der Waals surface area contributed by atoms with E-state index in [2.05, 4.69) is 20.4 Å². The number of nitrogens with one attached hydrogen (secondary N) is 2. The van der Waals surface area contributed by atoms with Gasteiger partial charge in [-0.15, -0.1) is 0 Å². The van der Waals surface area contributed by atoms with Gasteiger partial charge in [-0.05, 0) is 30.9 Å². The van der Waals surface area contributed by atoms with Gasteiger partial charge in [0.25, 0.3) is 5.91 Å². The van der Waals surface area contributed by atoms with Gasteiger partial charge in [-0.25, -0.2) is 9.98 Å². The lowest BCUT2D eigenvalue weighted by Crippen LogP contribution is -2.42. The highest BCUT2D eigenvalue weighted by atomic mass is 32.2. The van der Waals surface area contributed by atoms with Crippen LogP contribution in [-0.4, -0.2) is 32.3 Å². The molecule has 0 unspecified atom stereocenters. The lowest BCUT2D eigenvalue weighted by Gasteiger charge is -2.23. The summed E-state index contributed by atoms with van der Waals surface area (Å²) in [6, 6.07) is 19.3. The number of imidazole rings is 1. The topological polar surface area (TPSA) is 73.4 Å². The van der Waals surface area contributed by atoms with E-state index in [4.69, 9.17) is 0 Å². The third-order valence-corrected chi connectivity index (χ3v) is 4.71. The molecule has 27 heavy (non-hydrogen) atoms. The first-order chi connectivity index (χ1) is 13.1. The van der Waals surface area contributed by atoms with E-state index in [1.54, 1.807) is 18.7 Å². The van der Waals surface area contributed by atoms with Crippen LogP contribution in [0, 0.1) is 0 Å². The third-order valence-electron chi connectivity index (χ3n) is 4.07. The highest BCUT2D eigenvalue weighted by Crippen LogP contribution is 2.35. The van der Waals surface area contributed by atoms with Crippen LogP contribution in [0.2, 0.25) is 0 Å². The van der Waals surface area contributed by atoms with Gasteiger partial charge in [0, 0.05) is 12.4 Å². The van der Waals surface area contributed by atoms with Gasteiger partial charge in [0.2, 0.25) is 0 Å². The Hall–Kier alpha value is -3.06.